The number of benzene rings is 2. The van der Waals surface area contributed by atoms with Crippen molar-refractivity contribution < 1.29 is 14.4 Å². The highest BCUT2D eigenvalue weighted by molar-refractivity contribution is 6.05. The van der Waals surface area contributed by atoms with Crippen molar-refractivity contribution >= 4 is 17.7 Å². The molecule has 2 N–H and O–H groups in total. The second-order valence-corrected chi connectivity index (χ2v) is 8.83. The predicted molar refractivity (Wildman–Crippen MR) is 127 cm³/mol. The average Bonchev–Trinajstić information content (AvgIpc) is 3.18. The lowest BCUT2D eigenvalue weighted by Gasteiger charge is -2.29. The van der Waals surface area contributed by atoms with Crippen LogP contribution in [-0.2, 0) is 22.7 Å². The minimum absolute atomic E-state index is 0.170. The van der Waals surface area contributed by atoms with Gasteiger partial charge in [0.05, 0.1) is 5.69 Å². The van der Waals surface area contributed by atoms with Gasteiger partial charge in [-0.05, 0) is 54.3 Å². The fraction of sp³-hybridized carbons (Fsp3) is 0.259. The number of hydrogen-bond acceptors (Lipinski definition) is 5. The topological polar surface area (TPSA) is 91.4 Å². The molecule has 7 nitrogen and oxygen atoms in total. The van der Waals surface area contributed by atoms with E-state index in [9.17, 15) is 14.4 Å². The highest BCUT2D eigenvalue weighted by Gasteiger charge is 2.39. The Bertz CT molecular complexity index is 1260. The van der Waals surface area contributed by atoms with Gasteiger partial charge in [0.1, 0.15) is 6.04 Å². The van der Waals surface area contributed by atoms with Crippen LogP contribution < -0.4 is 10.6 Å². The first-order valence-corrected chi connectivity index (χ1v) is 11.5. The van der Waals surface area contributed by atoms with E-state index in [2.05, 4.69) is 40.7 Å². The molecular weight excluding hydrogens is 428 g/mol. The highest BCUT2D eigenvalue weighted by Crippen LogP contribution is 2.31. The van der Waals surface area contributed by atoms with Gasteiger partial charge < -0.3 is 10.2 Å². The van der Waals surface area contributed by atoms with Crippen LogP contribution in [0.1, 0.15) is 52.9 Å². The molecule has 0 spiro atoms. The van der Waals surface area contributed by atoms with Crippen LogP contribution in [0.15, 0.2) is 66.9 Å². The molecule has 2 atom stereocenters. The second-order valence-electron chi connectivity index (χ2n) is 8.83. The summed E-state index contributed by atoms with van der Waals surface area (Å²) in [6, 6.07) is 19.7. The van der Waals surface area contributed by atoms with Gasteiger partial charge in [0, 0.05) is 42.9 Å². The van der Waals surface area contributed by atoms with Crippen molar-refractivity contribution in [3.05, 3.63) is 89.1 Å². The van der Waals surface area contributed by atoms with Crippen molar-refractivity contribution in [2.45, 2.75) is 44.9 Å². The van der Waals surface area contributed by atoms with Gasteiger partial charge in [-0.1, -0.05) is 36.4 Å². The van der Waals surface area contributed by atoms with Gasteiger partial charge in [-0.2, -0.15) is 0 Å². The third-order valence-corrected chi connectivity index (χ3v) is 6.56. The van der Waals surface area contributed by atoms with Crippen molar-refractivity contribution in [2.24, 2.45) is 0 Å². The third-order valence-electron chi connectivity index (χ3n) is 6.56. The summed E-state index contributed by atoms with van der Waals surface area (Å²) in [6.45, 7) is 3.20. The molecule has 7 heteroatoms. The largest absolute Gasteiger partial charge is 0.322 e. The Balaban J connectivity index is 1.30. The van der Waals surface area contributed by atoms with Crippen molar-refractivity contribution in [1.29, 1.82) is 0 Å². The van der Waals surface area contributed by atoms with E-state index in [0.29, 0.717) is 25.1 Å². The number of nitrogens with one attached hydrogen (secondary N) is 2. The predicted octanol–water partition coefficient (Wildman–Crippen LogP) is 3.36. The Kier molecular flexibility index (Phi) is 5.94. The van der Waals surface area contributed by atoms with E-state index in [1.807, 2.05) is 42.5 Å². The minimum atomic E-state index is -0.611. The second kappa shape index (κ2) is 9.19. The molecule has 2 aromatic carbocycles. The summed E-state index contributed by atoms with van der Waals surface area (Å²) in [5.41, 5.74) is 5.59. The first kappa shape index (κ1) is 22.0. The van der Waals surface area contributed by atoms with Gasteiger partial charge in [0.2, 0.25) is 11.8 Å². The van der Waals surface area contributed by atoms with E-state index in [1.165, 1.54) is 5.56 Å². The monoisotopic (exact) mass is 454 g/mol. The molecule has 0 aliphatic carbocycles. The quantitative estimate of drug-likeness (QED) is 0.558. The normalized spacial score (nSPS) is 18.6. The van der Waals surface area contributed by atoms with Crippen LogP contribution in [0, 0.1) is 0 Å². The van der Waals surface area contributed by atoms with Crippen LogP contribution in [0.3, 0.4) is 0 Å². The molecule has 1 aromatic heterocycles. The van der Waals surface area contributed by atoms with E-state index in [0.717, 1.165) is 22.4 Å². The number of piperidine rings is 1. The number of aromatic nitrogens is 1. The number of imide groups is 1. The molecule has 0 radical (unpaired) electrons. The molecular formula is C27H26N4O3. The molecule has 2 aliphatic heterocycles. The molecule has 172 valence electrons. The number of pyridine rings is 1. The standard InChI is InChI=1S/C27H26N4O3/c1-17(19-5-3-2-4-6-19)29-15-18-11-12-28-23(13-18)20-7-8-22-21(14-20)16-31(27(22)34)24-9-10-25(32)30-26(24)33/h2-8,11-14,17,24,29H,9-10,15-16H2,1H3,(H,30,32,33). The molecule has 0 saturated carbocycles. The zero-order valence-electron chi connectivity index (χ0n) is 19.0. The Hall–Kier alpha value is -3.84. The summed E-state index contributed by atoms with van der Waals surface area (Å²) in [4.78, 5) is 42.8. The first-order valence-electron chi connectivity index (χ1n) is 11.5. The van der Waals surface area contributed by atoms with Crippen LogP contribution >= 0.6 is 0 Å². The Labute approximate surface area is 198 Å². The van der Waals surface area contributed by atoms with Crippen LogP contribution in [0.2, 0.25) is 0 Å². The maximum Gasteiger partial charge on any atom is 0.255 e. The van der Waals surface area contributed by atoms with Crippen molar-refractivity contribution in [3.63, 3.8) is 0 Å². The van der Waals surface area contributed by atoms with Crippen molar-refractivity contribution in [2.75, 3.05) is 0 Å². The van der Waals surface area contributed by atoms with Gasteiger partial charge in [0.15, 0.2) is 0 Å². The van der Waals surface area contributed by atoms with Crippen LogP contribution in [0.4, 0.5) is 0 Å². The zero-order valence-corrected chi connectivity index (χ0v) is 19.0. The zero-order chi connectivity index (χ0) is 23.7. The lowest BCUT2D eigenvalue weighted by Crippen LogP contribution is -2.52. The fourth-order valence-corrected chi connectivity index (χ4v) is 4.61. The number of carbonyl (C=O) groups excluding carboxylic acids is 3. The van der Waals surface area contributed by atoms with Gasteiger partial charge in [-0.3, -0.25) is 24.7 Å². The molecule has 3 aromatic rings. The van der Waals surface area contributed by atoms with Crippen LogP contribution in [0.25, 0.3) is 11.3 Å². The number of rotatable bonds is 6. The van der Waals surface area contributed by atoms with E-state index >= 15 is 0 Å². The Morgan fingerprint density at radius 2 is 1.91 bits per heavy atom. The molecule has 0 bridgehead atoms. The molecule has 34 heavy (non-hydrogen) atoms. The smallest absolute Gasteiger partial charge is 0.255 e. The minimum Gasteiger partial charge on any atom is -0.322 e. The SMILES string of the molecule is CC(NCc1ccnc(-c2ccc3c(c2)CN(C2CCC(=O)NC2=O)C3=O)c1)c1ccccc1. The van der Waals surface area contributed by atoms with Crippen LogP contribution in [-0.4, -0.2) is 33.6 Å². The molecule has 2 unspecified atom stereocenters. The summed E-state index contributed by atoms with van der Waals surface area (Å²) in [6.07, 6.45) is 2.40. The van der Waals surface area contributed by atoms with Gasteiger partial charge in [-0.25, -0.2) is 0 Å². The lowest BCUT2D eigenvalue weighted by atomic mass is 10.0. The van der Waals surface area contributed by atoms with Crippen molar-refractivity contribution in [3.8, 4) is 11.3 Å². The molecule has 3 amide bonds. The third kappa shape index (κ3) is 4.34. The number of fused-ring (bicyclic) bond motifs is 1. The molecule has 1 fully saturated rings. The maximum absolute atomic E-state index is 12.9. The molecule has 3 heterocycles. The number of nitrogens with zero attached hydrogens (tertiary/aromatic N) is 2. The number of carbonyl (C=O) groups is 3. The average molecular weight is 455 g/mol. The molecule has 2 aliphatic rings. The Morgan fingerprint density at radius 1 is 1.09 bits per heavy atom. The van der Waals surface area contributed by atoms with E-state index in [4.69, 9.17) is 0 Å². The van der Waals surface area contributed by atoms with Gasteiger partial charge in [0.25, 0.3) is 5.91 Å². The number of amides is 3. The number of hydrogen-bond donors (Lipinski definition) is 2. The summed E-state index contributed by atoms with van der Waals surface area (Å²) in [7, 11) is 0. The van der Waals surface area contributed by atoms with E-state index in [1.54, 1.807) is 11.1 Å². The van der Waals surface area contributed by atoms with E-state index in [-0.39, 0.29) is 24.3 Å². The molecule has 5 rings (SSSR count). The van der Waals surface area contributed by atoms with Crippen LogP contribution in [0.5, 0.6) is 0 Å². The van der Waals surface area contributed by atoms with Crippen molar-refractivity contribution in [1.82, 2.24) is 20.5 Å². The highest BCUT2D eigenvalue weighted by atomic mass is 16.2. The summed E-state index contributed by atoms with van der Waals surface area (Å²) < 4.78 is 0. The Morgan fingerprint density at radius 3 is 2.71 bits per heavy atom. The summed E-state index contributed by atoms with van der Waals surface area (Å²) in [5.74, 6) is -0.854. The fourth-order valence-electron chi connectivity index (χ4n) is 4.61. The maximum atomic E-state index is 12.9. The summed E-state index contributed by atoms with van der Waals surface area (Å²) >= 11 is 0. The van der Waals surface area contributed by atoms with Gasteiger partial charge in [-0.15, -0.1) is 0 Å². The van der Waals surface area contributed by atoms with Gasteiger partial charge >= 0.3 is 0 Å². The molecule has 1 saturated heterocycles. The lowest BCUT2D eigenvalue weighted by molar-refractivity contribution is -0.136. The van der Waals surface area contributed by atoms with E-state index < -0.39 is 11.9 Å². The first-order chi connectivity index (χ1) is 16.5. The summed E-state index contributed by atoms with van der Waals surface area (Å²) in [5, 5.41) is 5.89.